The van der Waals surface area contributed by atoms with Gasteiger partial charge in [0.25, 0.3) is 0 Å². The highest BCUT2D eigenvalue weighted by Crippen LogP contribution is 2.16. The van der Waals surface area contributed by atoms with E-state index < -0.39 is 0 Å². The highest BCUT2D eigenvalue weighted by atomic mass is 19.1. The molecule has 0 saturated heterocycles. The van der Waals surface area contributed by atoms with E-state index in [1.54, 1.807) is 12.1 Å². The lowest BCUT2D eigenvalue weighted by Crippen LogP contribution is -2.03. The number of nitrogens with zero attached hydrogens (tertiary/aromatic N) is 2. The molecule has 5 heteroatoms. The summed E-state index contributed by atoms with van der Waals surface area (Å²) in [5.41, 5.74) is 6.95. The van der Waals surface area contributed by atoms with Gasteiger partial charge in [-0.2, -0.15) is 5.10 Å². The first-order valence-electron chi connectivity index (χ1n) is 4.41. The molecule has 0 saturated carbocycles. The van der Waals surface area contributed by atoms with Gasteiger partial charge in [-0.1, -0.05) is 0 Å². The van der Waals surface area contributed by atoms with E-state index in [1.807, 2.05) is 0 Å². The lowest BCUT2D eigenvalue weighted by molar-refractivity contribution is 0.282. The summed E-state index contributed by atoms with van der Waals surface area (Å²) in [5, 5.41) is 12.9. The second-order valence-electron chi connectivity index (χ2n) is 3.10. The third kappa shape index (κ3) is 1.69. The molecule has 0 radical (unpaired) electrons. The van der Waals surface area contributed by atoms with Crippen LogP contribution in [-0.2, 0) is 6.61 Å². The molecule has 78 valence electrons. The number of anilines is 1. The van der Waals surface area contributed by atoms with E-state index in [-0.39, 0.29) is 12.4 Å². The van der Waals surface area contributed by atoms with Crippen LogP contribution in [-0.4, -0.2) is 14.9 Å². The van der Waals surface area contributed by atoms with Gasteiger partial charge in [-0.25, -0.2) is 9.07 Å². The van der Waals surface area contributed by atoms with E-state index in [1.165, 1.54) is 23.0 Å². The molecule has 4 nitrogen and oxygen atoms in total. The zero-order valence-corrected chi connectivity index (χ0v) is 7.89. The Hall–Kier alpha value is -1.88. The molecule has 0 unspecified atom stereocenters. The Kier molecular flexibility index (Phi) is 2.39. The van der Waals surface area contributed by atoms with Crippen molar-refractivity contribution >= 4 is 5.82 Å². The molecule has 15 heavy (non-hydrogen) atoms. The van der Waals surface area contributed by atoms with Crippen molar-refractivity contribution in [3.63, 3.8) is 0 Å². The van der Waals surface area contributed by atoms with Gasteiger partial charge in [0.15, 0.2) is 0 Å². The van der Waals surface area contributed by atoms with Crippen LogP contribution < -0.4 is 5.73 Å². The monoisotopic (exact) mass is 207 g/mol. The third-order valence-corrected chi connectivity index (χ3v) is 2.13. The standard InChI is InChI=1S/C10H10FN3O/c11-8-1-3-9(4-2-8)14-10(12)7(6-15)5-13-14/h1-5,15H,6,12H2. The Labute approximate surface area is 85.8 Å². The quantitative estimate of drug-likeness (QED) is 0.774. The Morgan fingerprint density at radius 2 is 2.00 bits per heavy atom. The number of aliphatic hydroxyl groups is 1. The molecule has 0 aliphatic rings. The fraction of sp³-hybridized carbons (Fsp3) is 0.100. The predicted molar refractivity (Wildman–Crippen MR) is 53.9 cm³/mol. The van der Waals surface area contributed by atoms with Crippen molar-refractivity contribution in [1.82, 2.24) is 9.78 Å². The van der Waals surface area contributed by atoms with Crippen LogP contribution in [0, 0.1) is 5.82 Å². The number of benzene rings is 1. The number of aliphatic hydroxyl groups excluding tert-OH is 1. The summed E-state index contributed by atoms with van der Waals surface area (Å²) in [4.78, 5) is 0. The Bertz CT molecular complexity index is 464. The van der Waals surface area contributed by atoms with Gasteiger partial charge in [0, 0.05) is 5.56 Å². The van der Waals surface area contributed by atoms with Gasteiger partial charge in [-0.15, -0.1) is 0 Å². The van der Waals surface area contributed by atoms with Crippen LogP contribution >= 0.6 is 0 Å². The van der Waals surface area contributed by atoms with Crippen molar-refractivity contribution in [3.8, 4) is 5.69 Å². The Balaban J connectivity index is 2.45. The first kappa shape index (κ1) is 9.67. The maximum atomic E-state index is 12.7. The van der Waals surface area contributed by atoms with Crippen molar-refractivity contribution in [2.24, 2.45) is 0 Å². The van der Waals surface area contributed by atoms with Gasteiger partial charge in [0.05, 0.1) is 18.5 Å². The zero-order valence-electron chi connectivity index (χ0n) is 7.89. The number of nitrogen functional groups attached to an aromatic ring is 1. The molecule has 0 atom stereocenters. The van der Waals surface area contributed by atoms with Crippen molar-refractivity contribution in [1.29, 1.82) is 0 Å². The molecule has 0 amide bonds. The molecular formula is C10H10FN3O. The van der Waals surface area contributed by atoms with Gasteiger partial charge >= 0.3 is 0 Å². The van der Waals surface area contributed by atoms with Crippen LogP contribution in [0.4, 0.5) is 10.2 Å². The molecule has 1 aromatic heterocycles. The molecule has 0 fully saturated rings. The minimum atomic E-state index is -0.313. The average molecular weight is 207 g/mol. The Morgan fingerprint density at radius 1 is 1.33 bits per heavy atom. The maximum absolute atomic E-state index is 12.7. The van der Waals surface area contributed by atoms with Crippen LogP contribution in [0.5, 0.6) is 0 Å². The predicted octanol–water partition coefficient (Wildman–Crippen LogP) is 1.09. The van der Waals surface area contributed by atoms with Crippen LogP contribution in [0.15, 0.2) is 30.5 Å². The topological polar surface area (TPSA) is 64.1 Å². The number of hydrogen-bond acceptors (Lipinski definition) is 3. The zero-order chi connectivity index (χ0) is 10.8. The second kappa shape index (κ2) is 3.70. The molecule has 1 aromatic carbocycles. The van der Waals surface area contributed by atoms with E-state index in [4.69, 9.17) is 10.8 Å². The van der Waals surface area contributed by atoms with Gasteiger partial charge in [-0.05, 0) is 24.3 Å². The van der Waals surface area contributed by atoms with E-state index in [9.17, 15) is 4.39 Å². The fourth-order valence-corrected chi connectivity index (χ4v) is 1.30. The van der Waals surface area contributed by atoms with Crippen molar-refractivity contribution < 1.29 is 9.50 Å². The number of aromatic nitrogens is 2. The van der Waals surface area contributed by atoms with E-state index >= 15 is 0 Å². The lowest BCUT2D eigenvalue weighted by Gasteiger charge is -2.03. The summed E-state index contributed by atoms with van der Waals surface area (Å²) in [6.45, 7) is -0.160. The average Bonchev–Trinajstić information content (AvgIpc) is 2.61. The van der Waals surface area contributed by atoms with Crippen molar-refractivity contribution in [3.05, 3.63) is 41.8 Å². The van der Waals surface area contributed by atoms with Gasteiger partial charge < -0.3 is 10.8 Å². The van der Waals surface area contributed by atoms with Gasteiger partial charge in [-0.3, -0.25) is 0 Å². The molecule has 1 heterocycles. The summed E-state index contributed by atoms with van der Waals surface area (Å²) in [5.74, 6) is 0.0518. The Morgan fingerprint density at radius 3 is 2.53 bits per heavy atom. The summed E-state index contributed by atoms with van der Waals surface area (Å²) >= 11 is 0. The van der Waals surface area contributed by atoms with Crippen LogP contribution in [0.1, 0.15) is 5.56 Å². The molecule has 2 aromatic rings. The molecule has 0 aliphatic carbocycles. The van der Waals surface area contributed by atoms with Crippen LogP contribution in [0.25, 0.3) is 5.69 Å². The summed E-state index contributed by atoms with van der Waals surface area (Å²) in [7, 11) is 0. The normalized spacial score (nSPS) is 10.5. The van der Waals surface area contributed by atoms with E-state index in [2.05, 4.69) is 5.10 Å². The first-order chi connectivity index (χ1) is 7.22. The minimum absolute atomic E-state index is 0.160. The molecule has 0 spiro atoms. The third-order valence-electron chi connectivity index (χ3n) is 2.13. The second-order valence-corrected chi connectivity index (χ2v) is 3.10. The molecule has 2 rings (SSSR count). The number of halogens is 1. The molecular weight excluding hydrogens is 197 g/mol. The minimum Gasteiger partial charge on any atom is -0.391 e. The molecule has 3 N–H and O–H groups in total. The highest BCUT2D eigenvalue weighted by molar-refractivity contribution is 5.46. The van der Waals surface area contributed by atoms with Crippen molar-refractivity contribution in [2.75, 3.05) is 5.73 Å². The lowest BCUT2D eigenvalue weighted by atomic mass is 10.3. The summed E-state index contributed by atoms with van der Waals surface area (Å²) < 4.78 is 14.1. The van der Waals surface area contributed by atoms with Crippen molar-refractivity contribution in [2.45, 2.75) is 6.61 Å². The number of rotatable bonds is 2. The summed E-state index contributed by atoms with van der Waals surface area (Å²) in [6.07, 6.45) is 1.48. The number of hydrogen-bond donors (Lipinski definition) is 2. The van der Waals surface area contributed by atoms with Gasteiger partial charge in [0.1, 0.15) is 11.6 Å². The van der Waals surface area contributed by atoms with E-state index in [0.717, 1.165) is 0 Å². The smallest absolute Gasteiger partial charge is 0.132 e. The van der Waals surface area contributed by atoms with Crippen LogP contribution in [0.3, 0.4) is 0 Å². The fourth-order valence-electron chi connectivity index (χ4n) is 1.30. The van der Waals surface area contributed by atoms with E-state index in [0.29, 0.717) is 17.1 Å². The summed E-state index contributed by atoms with van der Waals surface area (Å²) in [6, 6.07) is 5.80. The molecule has 0 bridgehead atoms. The SMILES string of the molecule is Nc1c(CO)cnn1-c1ccc(F)cc1. The van der Waals surface area contributed by atoms with Gasteiger partial charge in [0.2, 0.25) is 0 Å². The number of nitrogens with two attached hydrogens (primary N) is 1. The highest BCUT2D eigenvalue weighted by Gasteiger charge is 2.07. The largest absolute Gasteiger partial charge is 0.391 e. The first-order valence-corrected chi connectivity index (χ1v) is 4.41. The van der Waals surface area contributed by atoms with Crippen LogP contribution in [0.2, 0.25) is 0 Å². The maximum Gasteiger partial charge on any atom is 0.132 e. The molecule has 0 aliphatic heterocycles.